The number of hydrogen-bond acceptors (Lipinski definition) is 2. The number of aromatic amines is 1. The molecule has 5 rings (SSSR count). The van der Waals surface area contributed by atoms with Gasteiger partial charge >= 0.3 is 0 Å². The molecule has 1 fully saturated rings. The molecular formula is C23H24N4O. The topological polar surface area (TPSA) is 53.9 Å². The molecule has 1 aliphatic rings. The van der Waals surface area contributed by atoms with Gasteiger partial charge in [0.05, 0.1) is 22.6 Å². The molecule has 2 aromatic heterocycles. The number of fused-ring (bicyclic) bond motifs is 2. The van der Waals surface area contributed by atoms with Crippen LogP contribution in [0.1, 0.15) is 46.3 Å². The van der Waals surface area contributed by atoms with Crippen molar-refractivity contribution < 1.29 is 4.79 Å². The quantitative estimate of drug-likeness (QED) is 0.557. The highest BCUT2D eigenvalue weighted by Crippen LogP contribution is 2.34. The van der Waals surface area contributed by atoms with Crippen LogP contribution in [-0.2, 0) is 7.05 Å². The van der Waals surface area contributed by atoms with E-state index in [0.717, 1.165) is 52.8 Å². The Bertz CT molecular complexity index is 1220. The number of carbonyl (C=O) groups excluding carboxylic acids is 1. The number of likely N-dealkylation sites (tertiary alicyclic amines) is 1. The summed E-state index contributed by atoms with van der Waals surface area (Å²) in [5.74, 6) is 0.971. The predicted molar refractivity (Wildman–Crippen MR) is 111 cm³/mol. The van der Waals surface area contributed by atoms with E-state index in [0.29, 0.717) is 0 Å². The zero-order chi connectivity index (χ0) is 19.4. The Hall–Kier alpha value is -3.08. The number of hydrogen-bond donors (Lipinski definition) is 1. The van der Waals surface area contributed by atoms with Crippen LogP contribution in [-0.4, -0.2) is 31.9 Å². The summed E-state index contributed by atoms with van der Waals surface area (Å²) in [5.41, 5.74) is 6.25. The molecule has 0 radical (unpaired) electrons. The second-order valence-electron chi connectivity index (χ2n) is 7.90. The second-order valence-corrected chi connectivity index (χ2v) is 7.90. The van der Waals surface area contributed by atoms with Crippen molar-refractivity contribution in [2.45, 2.75) is 32.7 Å². The molecule has 0 saturated carbocycles. The first-order valence-electron chi connectivity index (χ1n) is 9.85. The first kappa shape index (κ1) is 17.0. The zero-order valence-electron chi connectivity index (χ0n) is 16.5. The van der Waals surface area contributed by atoms with Crippen LogP contribution in [0.2, 0.25) is 0 Å². The number of benzene rings is 2. The highest BCUT2D eigenvalue weighted by Gasteiger charge is 2.34. The number of nitrogens with one attached hydrogen (secondary N) is 1. The average Bonchev–Trinajstić information content (AvgIpc) is 3.37. The second kappa shape index (κ2) is 6.23. The van der Waals surface area contributed by atoms with Gasteiger partial charge in [-0.3, -0.25) is 4.79 Å². The molecule has 0 spiro atoms. The number of imidazole rings is 1. The van der Waals surface area contributed by atoms with Crippen molar-refractivity contribution in [3.63, 3.8) is 0 Å². The Kier molecular flexibility index (Phi) is 3.79. The van der Waals surface area contributed by atoms with Crippen LogP contribution in [0.4, 0.5) is 0 Å². The maximum atomic E-state index is 13.5. The third kappa shape index (κ3) is 2.53. The summed E-state index contributed by atoms with van der Waals surface area (Å²) in [5, 5.41) is 1.11. The summed E-state index contributed by atoms with van der Waals surface area (Å²) < 4.78 is 2.03. The summed E-state index contributed by atoms with van der Waals surface area (Å²) in [6.07, 6.45) is 1.93. The molecule has 5 nitrogen and oxygen atoms in total. The monoisotopic (exact) mass is 372 g/mol. The molecule has 1 atom stereocenters. The average molecular weight is 372 g/mol. The third-order valence-corrected chi connectivity index (χ3v) is 5.96. The van der Waals surface area contributed by atoms with E-state index < -0.39 is 0 Å². The number of carbonyl (C=O) groups is 1. The molecule has 0 bridgehead atoms. The maximum Gasteiger partial charge on any atom is 0.271 e. The van der Waals surface area contributed by atoms with Crippen LogP contribution >= 0.6 is 0 Å². The minimum absolute atomic E-state index is 0.000634. The van der Waals surface area contributed by atoms with Crippen LogP contribution in [0.5, 0.6) is 0 Å². The summed E-state index contributed by atoms with van der Waals surface area (Å²) in [6.45, 7) is 4.93. The molecule has 1 saturated heterocycles. The Morgan fingerprint density at radius 1 is 1.18 bits per heavy atom. The maximum absolute atomic E-state index is 13.5. The number of rotatable bonds is 2. The first-order chi connectivity index (χ1) is 13.5. The minimum Gasteiger partial charge on any atom is -0.340 e. The van der Waals surface area contributed by atoms with Crippen molar-refractivity contribution >= 4 is 27.8 Å². The van der Waals surface area contributed by atoms with E-state index in [-0.39, 0.29) is 11.9 Å². The fourth-order valence-corrected chi connectivity index (χ4v) is 4.57. The molecule has 0 unspecified atom stereocenters. The molecule has 1 aliphatic heterocycles. The van der Waals surface area contributed by atoms with Gasteiger partial charge in [-0.05, 0) is 56.0 Å². The molecule has 1 amide bonds. The van der Waals surface area contributed by atoms with Crippen LogP contribution < -0.4 is 0 Å². The Balaban J connectivity index is 1.53. The lowest BCUT2D eigenvalue weighted by atomic mass is 10.1. The lowest BCUT2D eigenvalue weighted by Crippen LogP contribution is -2.32. The molecular weight excluding hydrogens is 348 g/mol. The van der Waals surface area contributed by atoms with E-state index in [4.69, 9.17) is 4.98 Å². The molecule has 2 aromatic carbocycles. The van der Waals surface area contributed by atoms with Gasteiger partial charge in [0.25, 0.3) is 5.91 Å². The lowest BCUT2D eigenvalue weighted by molar-refractivity contribution is 0.0721. The van der Waals surface area contributed by atoms with Crippen molar-refractivity contribution in [2.75, 3.05) is 6.54 Å². The SMILES string of the molecule is Cc1ccc2nc([C@H]3CCCN3C(=O)c3cc4cccc(C)c4n3C)[nH]c2c1. The van der Waals surface area contributed by atoms with Crippen molar-refractivity contribution in [3.8, 4) is 0 Å². The number of amides is 1. The number of aryl methyl sites for hydroxylation is 3. The summed E-state index contributed by atoms with van der Waals surface area (Å²) in [6, 6.07) is 14.4. The number of nitrogens with zero attached hydrogens (tertiary/aromatic N) is 3. The molecule has 142 valence electrons. The fraction of sp³-hybridized carbons (Fsp3) is 0.304. The van der Waals surface area contributed by atoms with Crippen molar-refractivity contribution in [1.82, 2.24) is 19.4 Å². The molecule has 3 heterocycles. The van der Waals surface area contributed by atoms with Crippen molar-refractivity contribution in [3.05, 3.63) is 65.1 Å². The molecule has 4 aromatic rings. The van der Waals surface area contributed by atoms with Gasteiger partial charge in [0.1, 0.15) is 11.5 Å². The predicted octanol–water partition coefficient (Wildman–Crippen LogP) is 4.65. The van der Waals surface area contributed by atoms with Crippen molar-refractivity contribution in [2.24, 2.45) is 7.05 Å². The Morgan fingerprint density at radius 3 is 2.86 bits per heavy atom. The highest BCUT2D eigenvalue weighted by atomic mass is 16.2. The summed E-state index contributed by atoms with van der Waals surface area (Å²) >= 11 is 0. The fourth-order valence-electron chi connectivity index (χ4n) is 4.57. The normalized spacial score (nSPS) is 17.1. The largest absolute Gasteiger partial charge is 0.340 e. The molecule has 1 N–H and O–H groups in total. The number of para-hydroxylation sites is 1. The molecule has 5 heteroatoms. The summed E-state index contributed by atoms with van der Waals surface area (Å²) in [7, 11) is 1.98. The number of H-pyrrole nitrogens is 1. The van der Waals surface area contributed by atoms with Gasteiger partial charge in [-0.2, -0.15) is 0 Å². The highest BCUT2D eigenvalue weighted by molar-refractivity contribution is 5.99. The van der Waals surface area contributed by atoms with E-state index >= 15 is 0 Å². The van der Waals surface area contributed by atoms with E-state index in [2.05, 4.69) is 43.1 Å². The van der Waals surface area contributed by atoms with Gasteiger partial charge in [-0.15, -0.1) is 0 Å². The van der Waals surface area contributed by atoms with Crippen LogP contribution in [0.25, 0.3) is 21.9 Å². The first-order valence-corrected chi connectivity index (χ1v) is 9.85. The van der Waals surface area contributed by atoms with Gasteiger partial charge in [-0.1, -0.05) is 24.3 Å². The van der Waals surface area contributed by atoms with E-state index in [1.54, 1.807) is 0 Å². The van der Waals surface area contributed by atoms with E-state index in [9.17, 15) is 4.79 Å². The molecule has 0 aliphatic carbocycles. The van der Waals surface area contributed by atoms with Gasteiger partial charge in [0, 0.05) is 19.0 Å². The Morgan fingerprint density at radius 2 is 2.04 bits per heavy atom. The van der Waals surface area contributed by atoms with Crippen molar-refractivity contribution in [1.29, 1.82) is 0 Å². The van der Waals surface area contributed by atoms with Crippen LogP contribution in [0.3, 0.4) is 0 Å². The lowest BCUT2D eigenvalue weighted by Gasteiger charge is -2.23. The van der Waals surface area contributed by atoms with Gasteiger partial charge in [0.15, 0.2) is 0 Å². The van der Waals surface area contributed by atoms with Crippen LogP contribution in [0.15, 0.2) is 42.5 Å². The van der Waals surface area contributed by atoms with Crippen LogP contribution in [0, 0.1) is 13.8 Å². The summed E-state index contributed by atoms with van der Waals surface area (Å²) in [4.78, 5) is 23.7. The smallest absolute Gasteiger partial charge is 0.271 e. The Labute approximate surface area is 164 Å². The zero-order valence-corrected chi connectivity index (χ0v) is 16.5. The third-order valence-electron chi connectivity index (χ3n) is 5.96. The standard InChI is InChI=1S/C23H24N4O/c1-14-9-10-17-18(12-14)25-22(24-17)19-8-5-11-27(19)23(28)20-13-16-7-4-6-15(2)21(16)26(20)3/h4,6-7,9-10,12-13,19H,5,8,11H2,1-3H3,(H,24,25)/t19-/m1/s1. The molecule has 28 heavy (non-hydrogen) atoms. The van der Waals surface area contributed by atoms with E-state index in [1.165, 1.54) is 11.1 Å². The van der Waals surface area contributed by atoms with E-state index in [1.807, 2.05) is 34.7 Å². The van der Waals surface area contributed by atoms with Gasteiger partial charge in [0.2, 0.25) is 0 Å². The number of aromatic nitrogens is 3. The van der Waals surface area contributed by atoms with Gasteiger partial charge < -0.3 is 14.5 Å². The van der Waals surface area contributed by atoms with Gasteiger partial charge in [-0.25, -0.2) is 4.98 Å². The minimum atomic E-state index is -0.000634.